The van der Waals surface area contributed by atoms with Crippen molar-refractivity contribution in [3.05, 3.63) is 59.3 Å². The first-order valence-corrected chi connectivity index (χ1v) is 10.1. The third-order valence-corrected chi connectivity index (χ3v) is 6.01. The molecule has 9 nitrogen and oxygen atoms in total. The van der Waals surface area contributed by atoms with Gasteiger partial charge in [-0.05, 0) is 19.1 Å². The minimum atomic E-state index is -1.06. The first-order valence-electron chi connectivity index (χ1n) is 10.1. The van der Waals surface area contributed by atoms with Gasteiger partial charge >= 0.3 is 0 Å². The van der Waals surface area contributed by atoms with Crippen LogP contribution in [0.3, 0.4) is 0 Å². The fourth-order valence-electron chi connectivity index (χ4n) is 4.39. The summed E-state index contributed by atoms with van der Waals surface area (Å²) in [7, 11) is 0. The molecule has 1 aromatic carbocycles. The maximum absolute atomic E-state index is 14.2. The van der Waals surface area contributed by atoms with Gasteiger partial charge in [0.1, 0.15) is 29.0 Å². The van der Waals surface area contributed by atoms with Crippen molar-refractivity contribution in [1.29, 1.82) is 0 Å². The molecule has 1 unspecified atom stereocenters. The van der Waals surface area contributed by atoms with E-state index in [1.54, 1.807) is 25.1 Å². The number of nitrogens with one attached hydrogen (secondary N) is 2. The number of fused-ring (bicyclic) bond motifs is 1. The van der Waals surface area contributed by atoms with Crippen molar-refractivity contribution in [3.8, 4) is 11.5 Å². The van der Waals surface area contributed by atoms with Crippen LogP contribution in [0.4, 0.5) is 20.4 Å². The lowest BCUT2D eigenvalue weighted by molar-refractivity contribution is -0.125. The minimum absolute atomic E-state index is 0.0170. The van der Waals surface area contributed by atoms with Gasteiger partial charge in [-0.15, -0.1) is 0 Å². The van der Waals surface area contributed by atoms with Gasteiger partial charge in [-0.3, -0.25) is 9.59 Å². The molecule has 0 bridgehead atoms. The van der Waals surface area contributed by atoms with E-state index in [0.717, 1.165) is 6.20 Å². The van der Waals surface area contributed by atoms with E-state index in [-0.39, 0.29) is 47.9 Å². The number of pyridine rings is 1. The second-order valence-corrected chi connectivity index (χ2v) is 8.25. The number of halogens is 2. The zero-order valence-corrected chi connectivity index (χ0v) is 17.2. The number of hydrogen-bond acceptors (Lipinski definition) is 6. The van der Waals surface area contributed by atoms with Crippen molar-refractivity contribution < 1.29 is 18.4 Å². The molecule has 33 heavy (non-hydrogen) atoms. The number of nitrogens with zero attached hydrogens (tertiary/aromatic N) is 5. The summed E-state index contributed by atoms with van der Waals surface area (Å²) in [6.45, 7) is 1.71. The predicted octanol–water partition coefficient (Wildman–Crippen LogP) is 2.77. The summed E-state index contributed by atoms with van der Waals surface area (Å²) in [5.74, 6) is -1.15. The van der Waals surface area contributed by atoms with E-state index in [2.05, 4.69) is 30.7 Å². The van der Waals surface area contributed by atoms with Gasteiger partial charge in [-0.25, -0.2) is 28.4 Å². The van der Waals surface area contributed by atoms with Crippen molar-refractivity contribution in [2.45, 2.75) is 25.3 Å². The average molecular weight is 447 g/mol. The molecule has 0 fully saturated rings. The minimum Gasteiger partial charge on any atom is -0.310 e. The summed E-state index contributed by atoms with van der Waals surface area (Å²) >= 11 is 0. The number of anilines is 2. The van der Waals surface area contributed by atoms with Crippen LogP contribution in [0, 0.1) is 11.6 Å². The van der Waals surface area contributed by atoms with Gasteiger partial charge in [0.2, 0.25) is 11.8 Å². The Morgan fingerprint density at radius 2 is 1.88 bits per heavy atom. The SMILES string of the molecule is CC12CC(=O)Nc3nc(-c4nn(Cc5ccccc5F)c5ncc(F)cc45)nc(c31)NC2=O. The van der Waals surface area contributed by atoms with Crippen LogP contribution in [0.15, 0.2) is 36.5 Å². The van der Waals surface area contributed by atoms with Gasteiger partial charge in [-0.1, -0.05) is 18.2 Å². The molecule has 164 valence electrons. The predicted molar refractivity (Wildman–Crippen MR) is 113 cm³/mol. The van der Waals surface area contributed by atoms with E-state index in [1.807, 2.05) is 0 Å². The smallest absolute Gasteiger partial charge is 0.236 e. The largest absolute Gasteiger partial charge is 0.310 e. The topological polar surface area (TPSA) is 115 Å². The zero-order valence-electron chi connectivity index (χ0n) is 17.2. The zero-order chi connectivity index (χ0) is 22.9. The van der Waals surface area contributed by atoms with E-state index in [9.17, 15) is 18.4 Å². The third-order valence-electron chi connectivity index (χ3n) is 6.01. The van der Waals surface area contributed by atoms with E-state index in [4.69, 9.17) is 0 Å². The summed E-state index contributed by atoms with van der Waals surface area (Å²) in [4.78, 5) is 37.9. The van der Waals surface area contributed by atoms with Crippen LogP contribution in [-0.2, 0) is 21.5 Å². The molecular formula is C22H15F2N7O2. The number of carbonyl (C=O) groups excluding carboxylic acids is 2. The lowest BCUT2D eigenvalue weighted by atomic mass is 9.79. The standard InChI is InChI=1S/C22H15F2N7O2/c1-22-7-14(32)26-17-15(22)18(29-21(22)33)28-19(27-17)16-12-6-11(23)8-25-20(12)31(30-16)9-10-4-2-3-5-13(10)24/h2-6,8H,7,9H2,1H3,(H2,26,27,28,29,32,33). The van der Waals surface area contributed by atoms with Crippen molar-refractivity contribution in [1.82, 2.24) is 24.7 Å². The van der Waals surface area contributed by atoms with E-state index >= 15 is 0 Å². The second kappa shape index (κ2) is 6.61. The Morgan fingerprint density at radius 3 is 2.67 bits per heavy atom. The average Bonchev–Trinajstić information content (AvgIpc) is 3.24. The number of carbonyl (C=O) groups is 2. The molecule has 0 aliphatic carbocycles. The number of benzene rings is 1. The van der Waals surface area contributed by atoms with Gasteiger partial charge in [0.15, 0.2) is 11.5 Å². The molecular weight excluding hydrogens is 432 g/mol. The highest BCUT2D eigenvalue weighted by Crippen LogP contribution is 2.46. The number of rotatable bonds is 3. The quantitative estimate of drug-likeness (QED) is 0.499. The number of amides is 2. The first-order chi connectivity index (χ1) is 15.8. The van der Waals surface area contributed by atoms with E-state index in [1.165, 1.54) is 16.8 Å². The van der Waals surface area contributed by atoms with Crippen molar-refractivity contribution in [2.24, 2.45) is 0 Å². The number of aromatic nitrogens is 5. The molecule has 2 N–H and O–H groups in total. The molecule has 2 aliphatic heterocycles. The lowest BCUT2D eigenvalue weighted by Gasteiger charge is -2.27. The summed E-state index contributed by atoms with van der Waals surface area (Å²) in [5, 5.41) is 10.2. The summed E-state index contributed by atoms with van der Waals surface area (Å²) in [5.41, 5.74) is 0.321. The van der Waals surface area contributed by atoms with Gasteiger partial charge in [0.25, 0.3) is 0 Å². The highest BCUT2D eigenvalue weighted by molar-refractivity contribution is 6.13. The van der Waals surface area contributed by atoms with Crippen LogP contribution in [-0.4, -0.2) is 36.5 Å². The van der Waals surface area contributed by atoms with Crippen LogP contribution < -0.4 is 10.6 Å². The van der Waals surface area contributed by atoms with E-state index < -0.39 is 17.0 Å². The molecule has 1 atom stereocenters. The van der Waals surface area contributed by atoms with Crippen molar-refractivity contribution in [3.63, 3.8) is 0 Å². The maximum Gasteiger partial charge on any atom is 0.236 e. The van der Waals surface area contributed by atoms with Gasteiger partial charge in [0, 0.05) is 12.0 Å². The van der Waals surface area contributed by atoms with Crippen molar-refractivity contribution in [2.75, 3.05) is 10.6 Å². The monoisotopic (exact) mass is 447 g/mol. The molecule has 4 aromatic rings. The van der Waals surface area contributed by atoms with Gasteiger partial charge in [-0.2, -0.15) is 5.10 Å². The molecule has 0 spiro atoms. The Bertz CT molecular complexity index is 1520. The van der Waals surface area contributed by atoms with Crippen LogP contribution in [0.2, 0.25) is 0 Å². The lowest BCUT2D eigenvalue weighted by Crippen LogP contribution is -2.39. The highest BCUT2D eigenvalue weighted by Gasteiger charge is 2.50. The van der Waals surface area contributed by atoms with Crippen LogP contribution >= 0.6 is 0 Å². The Labute approximate surface area is 184 Å². The van der Waals surface area contributed by atoms with Crippen LogP contribution in [0.25, 0.3) is 22.6 Å². The molecule has 0 saturated carbocycles. The first kappa shape index (κ1) is 19.4. The third kappa shape index (κ3) is 2.81. The van der Waals surface area contributed by atoms with Crippen molar-refractivity contribution >= 4 is 34.5 Å². The Hall–Kier alpha value is -4.28. The molecule has 2 amide bonds. The fourth-order valence-corrected chi connectivity index (χ4v) is 4.39. The van der Waals surface area contributed by atoms with Crippen LogP contribution in [0.5, 0.6) is 0 Å². The Kier molecular flexibility index (Phi) is 3.89. The molecule has 5 heterocycles. The van der Waals surface area contributed by atoms with E-state index in [0.29, 0.717) is 22.2 Å². The van der Waals surface area contributed by atoms with Gasteiger partial charge in [0.05, 0.1) is 29.1 Å². The molecule has 11 heteroatoms. The fraction of sp³-hybridized carbons (Fsp3) is 0.182. The Morgan fingerprint density at radius 1 is 1.12 bits per heavy atom. The summed E-state index contributed by atoms with van der Waals surface area (Å²) < 4.78 is 29.8. The number of hydrogen-bond donors (Lipinski definition) is 2. The molecule has 3 aromatic heterocycles. The second-order valence-electron chi connectivity index (χ2n) is 8.25. The highest BCUT2D eigenvalue weighted by atomic mass is 19.1. The molecule has 6 rings (SSSR count). The summed E-state index contributed by atoms with van der Waals surface area (Å²) in [6, 6.07) is 7.49. The van der Waals surface area contributed by atoms with Gasteiger partial charge < -0.3 is 10.6 Å². The van der Waals surface area contributed by atoms with Crippen LogP contribution in [0.1, 0.15) is 24.5 Å². The Balaban J connectivity index is 1.55. The summed E-state index contributed by atoms with van der Waals surface area (Å²) in [6.07, 6.45) is 1.03. The molecule has 0 saturated heterocycles. The normalized spacial score (nSPS) is 18.9. The molecule has 2 aliphatic rings. The molecule has 0 radical (unpaired) electrons. The maximum atomic E-state index is 14.2.